The van der Waals surface area contributed by atoms with E-state index in [-0.39, 0.29) is 6.42 Å². The average molecular weight is 283 g/mol. The molecule has 0 saturated heterocycles. The number of nitrogens with zero attached hydrogens (tertiary/aromatic N) is 1. The minimum Gasteiger partial charge on any atom is -0.444 e. The van der Waals surface area contributed by atoms with Gasteiger partial charge in [-0.15, -0.1) is 3.89 Å². The second kappa shape index (κ2) is 5.42. The van der Waals surface area contributed by atoms with Crippen molar-refractivity contribution in [3.8, 4) is 0 Å². The fourth-order valence-corrected chi connectivity index (χ4v) is 1.86. The van der Waals surface area contributed by atoms with Crippen LogP contribution in [-0.4, -0.2) is 43.4 Å². The molecule has 0 aromatic carbocycles. The maximum absolute atomic E-state index is 12.5. The van der Waals surface area contributed by atoms with E-state index < -0.39 is 33.2 Å². The summed E-state index contributed by atoms with van der Waals surface area (Å²) in [4.78, 5) is 13.1. The Labute approximate surface area is 109 Å². The molecular formula is C11H22FNO4S. The molecule has 0 aromatic heterocycles. The van der Waals surface area contributed by atoms with E-state index in [1.54, 1.807) is 34.6 Å². The number of amides is 1. The highest BCUT2D eigenvalue weighted by Gasteiger charge is 2.32. The Kier molecular flexibility index (Phi) is 5.16. The molecule has 0 N–H and O–H groups in total. The van der Waals surface area contributed by atoms with Crippen LogP contribution in [0.4, 0.5) is 8.68 Å². The summed E-state index contributed by atoms with van der Waals surface area (Å²) in [5.41, 5.74) is -1.44. The number of hydrogen-bond donors (Lipinski definition) is 0. The topological polar surface area (TPSA) is 63.7 Å². The van der Waals surface area contributed by atoms with Crippen LogP contribution in [0.1, 0.15) is 41.0 Å². The Bertz CT molecular complexity index is 398. The molecule has 0 aliphatic carbocycles. The van der Waals surface area contributed by atoms with Crippen LogP contribution in [-0.2, 0) is 15.0 Å². The van der Waals surface area contributed by atoms with Crippen LogP contribution >= 0.6 is 0 Å². The van der Waals surface area contributed by atoms with Gasteiger partial charge in [-0.1, -0.05) is 0 Å². The van der Waals surface area contributed by atoms with Gasteiger partial charge in [-0.05, 0) is 41.0 Å². The lowest BCUT2D eigenvalue weighted by Gasteiger charge is -2.36. The molecule has 0 aliphatic heterocycles. The molecule has 7 heteroatoms. The van der Waals surface area contributed by atoms with E-state index in [1.165, 1.54) is 11.9 Å². The van der Waals surface area contributed by atoms with Crippen molar-refractivity contribution in [2.24, 2.45) is 0 Å². The standard InChI is InChI=1S/C11H22FNO4S/c1-10(2,3)17-9(14)13(6)11(4,5)7-8-18(12,15)16/h7-8H2,1-6H3. The third-order valence-electron chi connectivity index (χ3n) is 2.53. The lowest BCUT2D eigenvalue weighted by atomic mass is 10.0. The van der Waals surface area contributed by atoms with E-state index in [1.807, 2.05) is 0 Å². The van der Waals surface area contributed by atoms with Crippen LogP contribution in [0, 0.1) is 0 Å². The average Bonchev–Trinajstić information content (AvgIpc) is 2.10. The molecule has 108 valence electrons. The van der Waals surface area contributed by atoms with Gasteiger partial charge in [-0.25, -0.2) is 4.79 Å². The van der Waals surface area contributed by atoms with Crippen LogP contribution in [0.15, 0.2) is 0 Å². The molecule has 0 atom stereocenters. The molecule has 0 saturated carbocycles. The van der Waals surface area contributed by atoms with E-state index in [0.717, 1.165) is 0 Å². The molecule has 0 unspecified atom stereocenters. The molecule has 18 heavy (non-hydrogen) atoms. The third-order valence-corrected chi connectivity index (χ3v) is 3.22. The summed E-state index contributed by atoms with van der Waals surface area (Å²) in [5.74, 6) is -0.618. The van der Waals surface area contributed by atoms with Crippen LogP contribution < -0.4 is 0 Å². The first-order chi connectivity index (χ1) is 7.75. The van der Waals surface area contributed by atoms with Gasteiger partial charge in [0.05, 0.1) is 5.75 Å². The zero-order valence-corrected chi connectivity index (χ0v) is 12.6. The Balaban J connectivity index is 4.65. The van der Waals surface area contributed by atoms with Crippen molar-refractivity contribution < 1.29 is 21.8 Å². The molecule has 1 amide bonds. The van der Waals surface area contributed by atoms with Crippen LogP contribution in [0.5, 0.6) is 0 Å². The maximum Gasteiger partial charge on any atom is 0.410 e. The maximum atomic E-state index is 12.5. The minimum absolute atomic E-state index is 0.00156. The summed E-state index contributed by atoms with van der Waals surface area (Å²) in [6.07, 6.45) is -0.564. The number of carbonyl (C=O) groups is 1. The second-order valence-corrected chi connectivity index (χ2v) is 7.33. The largest absolute Gasteiger partial charge is 0.444 e. The highest BCUT2D eigenvalue weighted by atomic mass is 32.3. The SMILES string of the molecule is CN(C(=O)OC(C)(C)C)C(C)(C)CCS(=O)(=O)F. The van der Waals surface area contributed by atoms with E-state index >= 15 is 0 Å². The van der Waals surface area contributed by atoms with E-state index in [9.17, 15) is 17.1 Å². The highest BCUT2D eigenvalue weighted by Crippen LogP contribution is 2.21. The first-order valence-electron chi connectivity index (χ1n) is 5.64. The van der Waals surface area contributed by atoms with E-state index in [0.29, 0.717) is 0 Å². The highest BCUT2D eigenvalue weighted by molar-refractivity contribution is 7.86. The summed E-state index contributed by atoms with van der Waals surface area (Å²) in [6.45, 7) is 8.51. The molecule has 5 nitrogen and oxygen atoms in total. The molecule has 0 spiro atoms. The first kappa shape index (κ1) is 17.2. The zero-order chi connectivity index (χ0) is 14.8. The molecule has 0 fully saturated rings. The van der Waals surface area contributed by atoms with Gasteiger partial charge >= 0.3 is 16.3 Å². The van der Waals surface area contributed by atoms with Crippen molar-refractivity contribution in [3.63, 3.8) is 0 Å². The summed E-state index contributed by atoms with van der Waals surface area (Å²) < 4.78 is 38.6. The van der Waals surface area contributed by atoms with Crippen molar-refractivity contribution in [3.05, 3.63) is 0 Å². The van der Waals surface area contributed by atoms with Gasteiger partial charge in [0, 0.05) is 12.6 Å². The second-order valence-electron chi connectivity index (χ2n) is 5.84. The molecule has 0 radical (unpaired) electrons. The van der Waals surface area contributed by atoms with Crippen molar-refractivity contribution in [2.45, 2.75) is 52.2 Å². The summed E-state index contributed by atoms with van der Waals surface area (Å²) >= 11 is 0. The Morgan fingerprint density at radius 3 is 2.00 bits per heavy atom. The molecule has 0 bridgehead atoms. The summed E-state index contributed by atoms with van der Waals surface area (Å²) in [6, 6.07) is 0. The molecule has 0 aliphatic rings. The molecule has 0 aromatic rings. The van der Waals surface area contributed by atoms with Crippen molar-refractivity contribution in [1.29, 1.82) is 0 Å². The van der Waals surface area contributed by atoms with Gasteiger partial charge in [0.1, 0.15) is 5.60 Å². The van der Waals surface area contributed by atoms with Gasteiger partial charge in [0.2, 0.25) is 0 Å². The van der Waals surface area contributed by atoms with E-state index in [2.05, 4.69) is 0 Å². The van der Waals surface area contributed by atoms with Gasteiger partial charge < -0.3 is 9.64 Å². The van der Waals surface area contributed by atoms with Crippen LogP contribution in [0.2, 0.25) is 0 Å². The molecular weight excluding hydrogens is 261 g/mol. The number of ether oxygens (including phenoxy) is 1. The van der Waals surface area contributed by atoms with Gasteiger partial charge in [0.15, 0.2) is 0 Å². The van der Waals surface area contributed by atoms with Crippen molar-refractivity contribution >= 4 is 16.3 Å². The Morgan fingerprint density at radius 2 is 1.67 bits per heavy atom. The number of carbonyl (C=O) groups excluding carboxylic acids is 1. The van der Waals surface area contributed by atoms with Gasteiger partial charge in [-0.2, -0.15) is 8.42 Å². The third kappa shape index (κ3) is 6.78. The fourth-order valence-electron chi connectivity index (χ4n) is 1.12. The zero-order valence-electron chi connectivity index (χ0n) is 11.8. The summed E-state index contributed by atoms with van der Waals surface area (Å²) in [7, 11) is -3.03. The lowest BCUT2D eigenvalue weighted by Crippen LogP contribution is -2.47. The summed E-state index contributed by atoms with van der Waals surface area (Å²) in [5, 5.41) is 0. The predicted octanol–water partition coefficient (Wildman–Crippen LogP) is 2.32. The molecule has 0 heterocycles. The van der Waals surface area contributed by atoms with Crippen LogP contribution in [0.25, 0.3) is 0 Å². The number of halogens is 1. The van der Waals surface area contributed by atoms with E-state index in [4.69, 9.17) is 4.74 Å². The van der Waals surface area contributed by atoms with Crippen molar-refractivity contribution in [2.75, 3.05) is 12.8 Å². The Morgan fingerprint density at radius 1 is 1.22 bits per heavy atom. The number of hydrogen-bond acceptors (Lipinski definition) is 4. The molecule has 0 rings (SSSR count). The van der Waals surface area contributed by atoms with Crippen LogP contribution in [0.3, 0.4) is 0 Å². The quantitative estimate of drug-likeness (QED) is 0.743. The van der Waals surface area contributed by atoms with Gasteiger partial charge in [0.25, 0.3) is 0 Å². The Hall–Kier alpha value is -0.850. The smallest absolute Gasteiger partial charge is 0.410 e. The normalized spacial score (nSPS) is 13.3. The lowest BCUT2D eigenvalue weighted by molar-refractivity contribution is 0.0106. The predicted molar refractivity (Wildman–Crippen MR) is 67.6 cm³/mol. The fraction of sp³-hybridized carbons (Fsp3) is 0.909. The number of rotatable bonds is 4. The van der Waals surface area contributed by atoms with Gasteiger partial charge in [-0.3, -0.25) is 0 Å². The van der Waals surface area contributed by atoms with Crippen molar-refractivity contribution in [1.82, 2.24) is 4.90 Å². The minimum atomic E-state index is -4.53. The monoisotopic (exact) mass is 283 g/mol. The first-order valence-corrected chi connectivity index (χ1v) is 7.19.